The Morgan fingerprint density at radius 2 is 1.98 bits per heavy atom. The number of aliphatic hydroxyl groups excluding tert-OH is 1. The number of thioether (sulfide) groups is 1. The van der Waals surface area contributed by atoms with Crippen molar-refractivity contribution in [2.24, 2.45) is 17.8 Å². The van der Waals surface area contributed by atoms with E-state index in [1.165, 1.54) is 0 Å². The van der Waals surface area contributed by atoms with Gasteiger partial charge < -0.3 is 19.6 Å². The molecule has 0 saturated carbocycles. The molecule has 220 valence electrons. The normalized spacial score (nSPS) is 28.6. The van der Waals surface area contributed by atoms with Crippen molar-refractivity contribution in [2.75, 3.05) is 19.8 Å². The van der Waals surface area contributed by atoms with Gasteiger partial charge in [-0.05, 0) is 37.0 Å². The number of benzene rings is 2. The van der Waals surface area contributed by atoms with Crippen molar-refractivity contribution in [3.63, 3.8) is 0 Å². The van der Waals surface area contributed by atoms with Gasteiger partial charge in [-0.1, -0.05) is 60.7 Å². The lowest BCUT2D eigenvalue weighted by Crippen LogP contribution is -2.58. The summed E-state index contributed by atoms with van der Waals surface area (Å²) in [6, 6.07) is 15.1. The van der Waals surface area contributed by atoms with E-state index in [1.807, 2.05) is 54.6 Å². The summed E-state index contributed by atoms with van der Waals surface area (Å²) in [7, 11) is 0. The van der Waals surface area contributed by atoms with Crippen LogP contribution in [0.2, 0.25) is 0 Å². The van der Waals surface area contributed by atoms with E-state index in [4.69, 9.17) is 4.74 Å². The summed E-state index contributed by atoms with van der Waals surface area (Å²) in [5.41, 5.74) is 2.21. The predicted octanol–water partition coefficient (Wildman–Crippen LogP) is 3.04. The maximum atomic E-state index is 14.9. The molecule has 3 unspecified atom stereocenters. The van der Waals surface area contributed by atoms with E-state index in [2.05, 4.69) is 23.8 Å². The minimum atomic E-state index is -0.925. The summed E-state index contributed by atoms with van der Waals surface area (Å²) >= 11 is 1.58. The Hall–Kier alpha value is -3.70. The number of rotatable bonds is 10. The molecular weight excluding hydrogens is 554 g/mol. The Bertz CT molecular complexity index is 1510. The second-order valence-corrected chi connectivity index (χ2v) is 12.8. The first-order valence-corrected chi connectivity index (χ1v) is 15.3. The highest BCUT2D eigenvalue weighted by molar-refractivity contribution is 8.02. The van der Waals surface area contributed by atoms with Crippen molar-refractivity contribution < 1.29 is 24.2 Å². The van der Waals surface area contributed by atoms with E-state index in [1.54, 1.807) is 39.2 Å². The molecule has 6 rings (SSSR count). The van der Waals surface area contributed by atoms with Crippen LogP contribution < -0.4 is 0 Å². The number of nitrogens with zero attached hydrogens (tertiary/aromatic N) is 5. The molecule has 2 amide bonds. The molecule has 4 heterocycles. The quantitative estimate of drug-likeness (QED) is 0.283. The molecule has 11 heteroatoms. The van der Waals surface area contributed by atoms with E-state index >= 15 is 0 Å². The molecule has 1 spiro atoms. The molecule has 0 aliphatic carbocycles. The fourth-order valence-electron chi connectivity index (χ4n) is 7.34. The van der Waals surface area contributed by atoms with Crippen LogP contribution in [0.15, 0.2) is 67.3 Å². The average molecular weight is 590 g/mol. The Morgan fingerprint density at radius 1 is 1.24 bits per heavy atom. The van der Waals surface area contributed by atoms with Gasteiger partial charge in [0.05, 0.1) is 41.4 Å². The van der Waals surface area contributed by atoms with Gasteiger partial charge >= 0.3 is 5.97 Å². The molecule has 1 N–H and O–H groups in total. The molecule has 10 nitrogen and oxygen atoms in total. The first kappa shape index (κ1) is 28.4. The minimum absolute atomic E-state index is 0.0287. The molecular formula is C31H35N5O5S. The maximum absolute atomic E-state index is 14.9. The fourth-order valence-corrected chi connectivity index (χ4v) is 9.73. The molecule has 3 aliphatic rings. The molecule has 1 aromatic heterocycles. The first-order valence-electron chi connectivity index (χ1n) is 14.4. The van der Waals surface area contributed by atoms with E-state index in [0.717, 1.165) is 11.1 Å². The van der Waals surface area contributed by atoms with Gasteiger partial charge in [0, 0.05) is 11.8 Å². The predicted molar refractivity (Wildman–Crippen MR) is 158 cm³/mol. The zero-order valence-corrected chi connectivity index (χ0v) is 24.5. The zero-order chi connectivity index (χ0) is 29.6. The lowest BCUT2D eigenvalue weighted by atomic mass is 9.66. The van der Waals surface area contributed by atoms with E-state index in [-0.39, 0.29) is 49.4 Å². The van der Waals surface area contributed by atoms with Crippen LogP contribution >= 0.6 is 11.8 Å². The van der Waals surface area contributed by atoms with Crippen LogP contribution in [0.3, 0.4) is 0 Å². The van der Waals surface area contributed by atoms with Crippen molar-refractivity contribution >= 4 is 40.6 Å². The number of hydrogen-bond donors (Lipinski definition) is 1. The molecule has 3 aliphatic heterocycles. The highest BCUT2D eigenvalue weighted by atomic mass is 32.2. The average Bonchev–Trinajstić information content (AvgIpc) is 3.71. The molecule has 2 bridgehead atoms. The minimum Gasteiger partial charge on any atom is -0.466 e. The Morgan fingerprint density at radius 3 is 2.69 bits per heavy atom. The van der Waals surface area contributed by atoms with Crippen LogP contribution in [-0.2, 0) is 25.8 Å². The molecule has 7 atom stereocenters. The standard InChI is InChI=1S/C31H35N5O5S/c1-4-15-34(18-35-22-14-10-9-13-21(22)32-33-35)29(39)27-31-19(3)16-24(42-31)25(30(40)41-5-2)26(31)28(38)36(27)23(17-37)20-11-7-6-8-12-20/h4,6-14,19,23-27,37H,1,5,15-18H2,2-3H3/t19?,23-,24-,25+,26+,27?,31?/m1/s1. The van der Waals surface area contributed by atoms with E-state index < -0.39 is 34.6 Å². The van der Waals surface area contributed by atoms with Gasteiger partial charge in [0.2, 0.25) is 11.8 Å². The van der Waals surface area contributed by atoms with Crippen molar-refractivity contribution in [1.29, 1.82) is 0 Å². The number of esters is 1. The molecule has 3 saturated heterocycles. The van der Waals surface area contributed by atoms with Gasteiger partial charge in [-0.15, -0.1) is 23.4 Å². The fraction of sp³-hybridized carbons (Fsp3) is 0.452. The number of carbonyl (C=O) groups excluding carboxylic acids is 3. The van der Waals surface area contributed by atoms with Crippen LogP contribution in [-0.4, -0.2) is 83.5 Å². The lowest BCUT2D eigenvalue weighted by molar-refractivity contribution is -0.154. The second kappa shape index (κ2) is 11.2. The number of hydrogen-bond acceptors (Lipinski definition) is 8. The van der Waals surface area contributed by atoms with Crippen LogP contribution in [0, 0.1) is 17.8 Å². The number of aromatic nitrogens is 3. The third-order valence-electron chi connectivity index (χ3n) is 9.06. The van der Waals surface area contributed by atoms with Gasteiger partial charge in [-0.2, -0.15) is 0 Å². The summed E-state index contributed by atoms with van der Waals surface area (Å²) < 4.78 is 6.27. The topological polar surface area (TPSA) is 118 Å². The summed E-state index contributed by atoms with van der Waals surface area (Å²) in [4.78, 5) is 46.0. The highest BCUT2D eigenvalue weighted by Crippen LogP contribution is 2.69. The number of ether oxygens (including phenoxy) is 1. The Labute approximate surface area is 248 Å². The summed E-state index contributed by atoms with van der Waals surface area (Å²) in [6.07, 6.45) is 2.35. The molecule has 2 aromatic carbocycles. The lowest BCUT2D eigenvalue weighted by Gasteiger charge is -2.42. The number of fused-ring (bicyclic) bond motifs is 2. The first-order chi connectivity index (χ1) is 20.4. The van der Waals surface area contributed by atoms with Crippen LogP contribution in [0.5, 0.6) is 0 Å². The molecule has 3 fully saturated rings. The van der Waals surface area contributed by atoms with Gasteiger partial charge in [-0.3, -0.25) is 14.4 Å². The number of para-hydroxylation sites is 1. The summed E-state index contributed by atoms with van der Waals surface area (Å²) in [6.45, 7) is 7.87. The Kier molecular flexibility index (Phi) is 7.57. The highest BCUT2D eigenvalue weighted by Gasteiger charge is 2.77. The number of likely N-dealkylation sites (tertiary alicyclic amines) is 1. The smallest absolute Gasteiger partial charge is 0.310 e. The molecule has 0 radical (unpaired) electrons. The van der Waals surface area contributed by atoms with E-state index in [0.29, 0.717) is 11.9 Å². The number of amides is 2. The summed E-state index contributed by atoms with van der Waals surface area (Å²) in [5, 5.41) is 19.1. The van der Waals surface area contributed by atoms with Crippen molar-refractivity contribution in [3.8, 4) is 0 Å². The van der Waals surface area contributed by atoms with Crippen molar-refractivity contribution in [3.05, 3.63) is 72.8 Å². The van der Waals surface area contributed by atoms with Crippen LogP contribution in [0.4, 0.5) is 0 Å². The third kappa shape index (κ3) is 4.24. The monoisotopic (exact) mass is 589 g/mol. The van der Waals surface area contributed by atoms with Gasteiger partial charge in [0.25, 0.3) is 0 Å². The van der Waals surface area contributed by atoms with Crippen LogP contribution in [0.1, 0.15) is 31.9 Å². The maximum Gasteiger partial charge on any atom is 0.310 e. The van der Waals surface area contributed by atoms with Crippen molar-refractivity contribution in [1.82, 2.24) is 24.8 Å². The number of carbonyl (C=O) groups is 3. The van der Waals surface area contributed by atoms with Crippen molar-refractivity contribution in [2.45, 2.75) is 49.0 Å². The van der Waals surface area contributed by atoms with Gasteiger partial charge in [0.15, 0.2) is 0 Å². The Balaban J connectivity index is 1.46. The second-order valence-electron chi connectivity index (χ2n) is 11.2. The molecule has 42 heavy (non-hydrogen) atoms. The van der Waals surface area contributed by atoms with Gasteiger partial charge in [0.1, 0.15) is 18.2 Å². The molecule has 3 aromatic rings. The zero-order valence-electron chi connectivity index (χ0n) is 23.7. The SMILES string of the molecule is C=CCN(Cn1nnc2ccccc21)C(=O)C1N([C@H](CO)c2ccccc2)C(=O)[C@@H]2[C@@H](C(=O)OCC)[C@H]3CC(C)C12S3. The summed E-state index contributed by atoms with van der Waals surface area (Å²) in [5.74, 6) is -2.38. The largest absolute Gasteiger partial charge is 0.466 e. The van der Waals surface area contributed by atoms with Gasteiger partial charge in [-0.25, -0.2) is 4.68 Å². The third-order valence-corrected chi connectivity index (χ3v) is 11.1. The van der Waals surface area contributed by atoms with Crippen LogP contribution in [0.25, 0.3) is 11.0 Å². The van der Waals surface area contributed by atoms with E-state index in [9.17, 15) is 19.5 Å². The number of aliphatic hydroxyl groups is 1.